The molecule has 0 spiro atoms. The normalized spacial score (nSPS) is 11.2. The molecule has 176 valence electrons. The molecular formula is C21H15ClF3N5O4. The van der Waals surface area contributed by atoms with Gasteiger partial charge in [-0.05, 0) is 36.2 Å². The number of carbonyl (C=O) groups is 1. The SMILES string of the molecule is CCc1[nH]c(=O)c(C(N)=O)cc1Cn1cnc(C(F)(F)F)c(Oc2cc(Cl)cc(C#N)c2)c1=O. The fourth-order valence-corrected chi connectivity index (χ4v) is 3.34. The number of rotatable bonds is 6. The standard InChI is InChI=1S/C21H15ClF3N5O4/c1-2-15-11(5-14(18(27)31)19(32)29-15)8-30-9-28-17(21(23,24)25)16(20(30)33)34-13-4-10(7-26)3-12(22)6-13/h3-6,9H,2,8H2,1H3,(H2,27,31)(H,29,32). The minimum atomic E-state index is -5.03. The van der Waals surface area contributed by atoms with Gasteiger partial charge in [0.15, 0.2) is 5.69 Å². The van der Waals surface area contributed by atoms with Gasteiger partial charge < -0.3 is 15.5 Å². The number of aromatic amines is 1. The zero-order valence-electron chi connectivity index (χ0n) is 17.4. The van der Waals surface area contributed by atoms with E-state index in [0.717, 1.165) is 16.7 Å². The number of H-pyrrole nitrogens is 1. The van der Waals surface area contributed by atoms with Crippen molar-refractivity contribution in [1.82, 2.24) is 14.5 Å². The van der Waals surface area contributed by atoms with Crippen LogP contribution in [0.4, 0.5) is 13.2 Å². The number of nitriles is 1. The number of nitrogens with two attached hydrogens (primary N) is 1. The first kappa shape index (κ1) is 24.5. The Hall–Kier alpha value is -4.11. The summed E-state index contributed by atoms with van der Waals surface area (Å²) in [7, 11) is 0. The Morgan fingerprint density at radius 1 is 1.29 bits per heavy atom. The topological polar surface area (TPSA) is 144 Å². The van der Waals surface area contributed by atoms with Gasteiger partial charge in [-0.2, -0.15) is 18.4 Å². The Morgan fingerprint density at radius 3 is 2.59 bits per heavy atom. The molecule has 0 unspecified atom stereocenters. The molecule has 3 N–H and O–H groups in total. The van der Waals surface area contributed by atoms with Crippen molar-refractivity contribution < 1.29 is 22.7 Å². The summed E-state index contributed by atoms with van der Waals surface area (Å²) in [6.45, 7) is 1.34. The van der Waals surface area contributed by atoms with Crippen molar-refractivity contribution in [1.29, 1.82) is 5.26 Å². The average molecular weight is 494 g/mol. The Kier molecular flexibility index (Phi) is 6.78. The second-order valence-electron chi connectivity index (χ2n) is 6.98. The van der Waals surface area contributed by atoms with Crippen LogP contribution in [0.3, 0.4) is 0 Å². The maximum atomic E-state index is 13.6. The van der Waals surface area contributed by atoms with E-state index >= 15 is 0 Å². The Labute approximate surface area is 194 Å². The van der Waals surface area contributed by atoms with Gasteiger partial charge in [-0.1, -0.05) is 18.5 Å². The molecule has 3 aromatic rings. The molecule has 2 aromatic heterocycles. The minimum absolute atomic E-state index is 0.0000770. The summed E-state index contributed by atoms with van der Waals surface area (Å²) in [5.41, 5.74) is 1.91. The molecule has 0 atom stereocenters. The van der Waals surface area contributed by atoms with Gasteiger partial charge in [0.2, 0.25) is 5.75 Å². The van der Waals surface area contributed by atoms with E-state index in [2.05, 4.69) is 9.97 Å². The third-order valence-electron chi connectivity index (χ3n) is 4.66. The quantitative estimate of drug-likeness (QED) is 0.540. The molecule has 34 heavy (non-hydrogen) atoms. The first-order chi connectivity index (χ1) is 15.9. The molecule has 1 aromatic carbocycles. The number of carbonyl (C=O) groups excluding carboxylic acids is 1. The maximum absolute atomic E-state index is 13.6. The number of nitrogens with one attached hydrogen (secondary N) is 1. The lowest BCUT2D eigenvalue weighted by Crippen LogP contribution is -2.29. The monoisotopic (exact) mass is 493 g/mol. The molecular weight excluding hydrogens is 479 g/mol. The number of ether oxygens (including phenoxy) is 1. The van der Waals surface area contributed by atoms with Gasteiger partial charge >= 0.3 is 6.18 Å². The number of primary amides is 1. The molecule has 0 aliphatic heterocycles. The van der Waals surface area contributed by atoms with Crippen LogP contribution >= 0.6 is 11.6 Å². The van der Waals surface area contributed by atoms with E-state index in [1.165, 1.54) is 12.1 Å². The molecule has 2 heterocycles. The highest BCUT2D eigenvalue weighted by atomic mass is 35.5. The lowest BCUT2D eigenvalue weighted by atomic mass is 10.1. The summed E-state index contributed by atoms with van der Waals surface area (Å²) < 4.78 is 46.7. The summed E-state index contributed by atoms with van der Waals surface area (Å²) in [6.07, 6.45) is -4.07. The highest BCUT2D eigenvalue weighted by molar-refractivity contribution is 6.30. The molecule has 1 amide bonds. The Balaban J connectivity index is 2.16. The van der Waals surface area contributed by atoms with Crippen LogP contribution in [-0.2, 0) is 19.1 Å². The summed E-state index contributed by atoms with van der Waals surface area (Å²) in [5, 5.41) is 9.06. The third-order valence-corrected chi connectivity index (χ3v) is 4.88. The molecule has 0 bridgehead atoms. The van der Waals surface area contributed by atoms with Crippen molar-refractivity contribution in [2.45, 2.75) is 26.1 Å². The van der Waals surface area contributed by atoms with E-state index in [9.17, 15) is 27.6 Å². The summed E-state index contributed by atoms with van der Waals surface area (Å²) >= 11 is 5.87. The highest BCUT2D eigenvalue weighted by Gasteiger charge is 2.38. The molecule has 0 fully saturated rings. The first-order valence-corrected chi connectivity index (χ1v) is 9.92. The lowest BCUT2D eigenvalue weighted by Gasteiger charge is -2.16. The van der Waals surface area contributed by atoms with E-state index in [4.69, 9.17) is 27.3 Å². The van der Waals surface area contributed by atoms with Crippen LogP contribution in [0.5, 0.6) is 11.5 Å². The number of halogens is 4. The predicted octanol–water partition coefficient (Wildman–Crippen LogP) is 2.98. The molecule has 0 saturated carbocycles. The molecule has 0 aliphatic rings. The molecule has 0 radical (unpaired) electrons. The Morgan fingerprint density at radius 2 is 2.00 bits per heavy atom. The number of nitrogens with zero attached hydrogens (tertiary/aromatic N) is 3. The van der Waals surface area contributed by atoms with Gasteiger partial charge in [0, 0.05) is 10.7 Å². The predicted molar refractivity (Wildman–Crippen MR) is 114 cm³/mol. The zero-order chi connectivity index (χ0) is 25.2. The van der Waals surface area contributed by atoms with Gasteiger partial charge in [-0.3, -0.25) is 19.0 Å². The number of aromatic nitrogens is 3. The average Bonchev–Trinajstić information content (AvgIpc) is 2.75. The van der Waals surface area contributed by atoms with Crippen molar-refractivity contribution in [2.75, 3.05) is 0 Å². The number of aryl methyl sites for hydroxylation is 1. The van der Waals surface area contributed by atoms with Crippen molar-refractivity contribution >= 4 is 17.5 Å². The number of amides is 1. The zero-order valence-corrected chi connectivity index (χ0v) is 18.1. The summed E-state index contributed by atoms with van der Waals surface area (Å²) in [4.78, 5) is 42.3. The molecule has 9 nitrogen and oxygen atoms in total. The second kappa shape index (κ2) is 9.40. The van der Waals surface area contributed by atoms with Crippen molar-refractivity contribution in [3.05, 3.63) is 84.4 Å². The van der Waals surface area contributed by atoms with E-state index in [-0.39, 0.29) is 40.4 Å². The van der Waals surface area contributed by atoms with E-state index in [1.807, 2.05) is 0 Å². The maximum Gasteiger partial charge on any atom is 0.437 e. The lowest BCUT2D eigenvalue weighted by molar-refractivity contribution is -0.142. The van der Waals surface area contributed by atoms with Gasteiger partial charge in [-0.15, -0.1) is 0 Å². The van der Waals surface area contributed by atoms with Crippen LogP contribution in [0, 0.1) is 11.3 Å². The molecule has 13 heteroatoms. The van der Waals surface area contributed by atoms with Crippen molar-refractivity contribution in [2.24, 2.45) is 5.73 Å². The number of hydrogen-bond donors (Lipinski definition) is 2. The van der Waals surface area contributed by atoms with Crippen LogP contribution in [-0.4, -0.2) is 20.4 Å². The smallest absolute Gasteiger partial charge is 0.437 e. The fourth-order valence-electron chi connectivity index (χ4n) is 3.12. The first-order valence-electron chi connectivity index (χ1n) is 9.54. The molecule has 0 saturated heterocycles. The van der Waals surface area contributed by atoms with E-state index in [1.54, 1.807) is 13.0 Å². The van der Waals surface area contributed by atoms with Crippen molar-refractivity contribution in [3.63, 3.8) is 0 Å². The second-order valence-corrected chi connectivity index (χ2v) is 7.41. The van der Waals surface area contributed by atoms with Gasteiger partial charge in [-0.25, -0.2) is 4.98 Å². The van der Waals surface area contributed by atoms with Gasteiger partial charge in [0.25, 0.3) is 17.0 Å². The van der Waals surface area contributed by atoms with Crippen LogP contribution in [0.2, 0.25) is 5.02 Å². The highest BCUT2D eigenvalue weighted by Crippen LogP contribution is 2.35. The van der Waals surface area contributed by atoms with E-state index in [0.29, 0.717) is 12.0 Å². The fraction of sp³-hybridized carbons (Fsp3) is 0.190. The van der Waals surface area contributed by atoms with Crippen molar-refractivity contribution in [3.8, 4) is 17.6 Å². The third kappa shape index (κ3) is 5.10. The van der Waals surface area contributed by atoms with Gasteiger partial charge in [0.05, 0.1) is 24.5 Å². The van der Waals surface area contributed by atoms with E-state index < -0.39 is 34.6 Å². The van der Waals surface area contributed by atoms with Crippen LogP contribution < -0.4 is 21.6 Å². The summed E-state index contributed by atoms with van der Waals surface area (Å²) in [5.74, 6) is -2.43. The van der Waals surface area contributed by atoms with Gasteiger partial charge in [0.1, 0.15) is 11.3 Å². The minimum Gasteiger partial charge on any atom is -0.449 e. The van der Waals surface area contributed by atoms with Crippen LogP contribution in [0.25, 0.3) is 0 Å². The number of hydrogen-bond acceptors (Lipinski definition) is 6. The van der Waals surface area contributed by atoms with Crippen LogP contribution in [0.1, 0.15) is 39.8 Å². The molecule has 3 rings (SSSR count). The number of alkyl halides is 3. The largest absolute Gasteiger partial charge is 0.449 e. The Bertz CT molecular complexity index is 1440. The number of benzene rings is 1. The van der Waals surface area contributed by atoms with Crippen LogP contribution in [0.15, 0.2) is 40.2 Å². The number of pyridine rings is 1. The summed E-state index contributed by atoms with van der Waals surface area (Å²) in [6, 6.07) is 6.45. The molecule has 0 aliphatic carbocycles.